The van der Waals surface area contributed by atoms with Gasteiger partial charge < -0.3 is 20.1 Å². The molecule has 0 unspecified atom stereocenters. The molecule has 0 aliphatic rings. The first-order chi connectivity index (χ1) is 18.6. The number of hydrogen-bond donors (Lipinski definition) is 2. The van der Waals surface area contributed by atoms with Gasteiger partial charge in [-0.25, -0.2) is 4.98 Å². The van der Waals surface area contributed by atoms with Gasteiger partial charge in [0.2, 0.25) is 11.9 Å². The van der Waals surface area contributed by atoms with Crippen molar-refractivity contribution < 1.29 is 0 Å². The van der Waals surface area contributed by atoms with Crippen LogP contribution in [0.15, 0.2) is 98.7 Å². The number of azo groups is 2. The summed E-state index contributed by atoms with van der Waals surface area (Å²) in [5.74, 6) is 3.15. The Balaban J connectivity index is 1.26. The van der Waals surface area contributed by atoms with E-state index in [1.54, 1.807) is 13.2 Å². The summed E-state index contributed by atoms with van der Waals surface area (Å²) in [4.78, 5) is 10.1. The van der Waals surface area contributed by atoms with Crippen LogP contribution in [-0.2, 0) is 7.05 Å². The van der Waals surface area contributed by atoms with Crippen molar-refractivity contribution in [3.63, 3.8) is 0 Å². The molecule has 3 aromatic rings. The molecule has 2 aromatic carbocycles. The molecule has 200 valence electrons. The molecular formula is C26H34N10S2. The van der Waals surface area contributed by atoms with Crippen LogP contribution in [0, 0.1) is 0 Å². The second-order valence-corrected chi connectivity index (χ2v) is 10.6. The summed E-state index contributed by atoms with van der Waals surface area (Å²) in [5, 5.41) is 23.8. The molecule has 0 amide bonds. The third-order valence-electron chi connectivity index (χ3n) is 5.04. The summed E-state index contributed by atoms with van der Waals surface area (Å²) >= 11 is 0. The SMILES string of the molecule is C/C=C\N(C)C(=N/C)/N=N/c1ccc(NCCSSCCNc2ccc(/N=N/c3nccn3C)cc2)cc1. The van der Waals surface area contributed by atoms with E-state index < -0.39 is 0 Å². The van der Waals surface area contributed by atoms with Crippen LogP contribution in [0.1, 0.15) is 6.92 Å². The first-order valence-corrected chi connectivity index (χ1v) is 14.6. The van der Waals surface area contributed by atoms with Gasteiger partial charge in [0.05, 0.1) is 11.4 Å². The molecule has 0 radical (unpaired) electrons. The van der Waals surface area contributed by atoms with Crippen molar-refractivity contribution in [2.24, 2.45) is 32.5 Å². The standard InChI is InChI=1S/C26H34N10S2/c1-5-17-35(3)25(27-2)33-31-23-10-6-21(7-11-23)28-15-19-37-38-20-16-29-22-8-12-24(13-9-22)32-34-26-30-14-18-36(26)4/h5-14,17-18,28-29H,15-16,19-20H2,1-4H3/b17-5-,27-25+,33-31+,34-32+. The summed E-state index contributed by atoms with van der Waals surface area (Å²) in [6, 6.07) is 15.8. The first kappa shape index (κ1) is 28.9. The third-order valence-corrected chi connectivity index (χ3v) is 7.45. The van der Waals surface area contributed by atoms with Crippen LogP contribution >= 0.6 is 21.6 Å². The lowest BCUT2D eigenvalue weighted by Crippen LogP contribution is -2.18. The number of guanidine groups is 1. The van der Waals surface area contributed by atoms with Crippen LogP contribution in [-0.4, -0.2) is 59.1 Å². The minimum absolute atomic E-state index is 0.549. The van der Waals surface area contributed by atoms with Crippen molar-refractivity contribution in [2.75, 3.05) is 49.3 Å². The Morgan fingerprint density at radius 3 is 2.00 bits per heavy atom. The van der Waals surface area contributed by atoms with Gasteiger partial charge in [-0.05, 0) is 55.5 Å². The van der Waals surface area contributed by atoms with E-state index in [4.69, 9.17) is 0 Å². The van der Waals surface area contributed by atoms with Crippen molar-refractivity contribution in [1.82, 2.24) is 14.5 Å². The van der Waals surface area contributed by atoms with Crippen molar-refractivity contribution in [3.05, 3.63) is 73.2 Å². The Morgan fingerprint density at radius 1 is 0.921 bits per heavy atom. The lowest BCUT2D eigenvalue weighted by Gasteiger charge is -2.10. The van der Waals surface area contributed by atoms with Gasteiger partial charge in [0.15, 0.2) is 0 Å². The summed E-state index contributed by atoms with van der Waals surface area (Å²) in [6.07, 6.45) is 7.36. The lowest BCUT2D eigenvalue weighted by atomic mass is 10.3. The van der Waals surface area contributed by atoms with E-state index in [2.05, 4.69) is 41.1 Å². The zero-order valence-electron chi connectivity index (χ0n) is 22.2. The average molecular weight is 551 g/mol. The van der Waals surface area contributed by atoms with Crippen molar-refractivity contribution in [1.29, 1.82) is 0 Å². The first-order valence-electron chi connectivity index (χ1n) is 12.1. The fraction of sp³-hybridized carbons (Fsp3) is 0.308. The summed E-state index contributed by atoms with van der Waals surface area (Å²) in [6.45, 7) is 3.73. The number of nitrogens with zero attached hydrogens (tertiary/aromatic N) is 8. The van der Waals surface area contributed by atoms with Gasteiger partial charge in [-0.3, -0.25) is 4.99 Å². The number of aromatic nitrogens is 2. The van der Waals surface area contributed by atoms with E-state index >= 15 is 0 Å². The molecule has 0 aliphatic carbocycles. The highest BCUT2D eigenvalue weighted by Crippen LogP contribution is 2.23. The van der Waals surface area contributed by atoms with Crippen LogP contribution in [0.25, 0.3) is 0 Å². The van der Waals surface area contributed by atoms with Gasteiger partial charge in [-0.2, -0.15) is 0 Å². The van der Waals surface area contributed by atoms with E-state index in [9.17, 15) is 0 Å². The number of benzene rings is 2. The van der Waals surface area contributed by atoms with Crippen LogP contribution < -0.4 is 10.6 Å². The molecule has 0 atom stereocenters. The van der Waals surface area contributed by atoms with E-state index in [0.29, 0.717) is 11.9 Å². The van der Waals surface area contributed by atoms with E-state index in [0.717, 1.165) is 47.3 Å². The third kappa shape index (κ3) is 10.0. The monoisotopic (exact) mass is 550 g/mol. The van der Waals surface area contributed by atoms with Crippen LogP contribution in [0.5, 0.6) is 0 Å². The van der Waals surface area contributed by atoms with Crippen LogP contribution in [0.4, 0.5) is 28.7 Å². The summed E-state index contributed by atoms with van der Waals surface area (Å²) < 4.78 is 1.82. The molecule has 0 fully saturated rings. The van der Waals surface area contributed by atoms with Gasteiger partial charge in [-0.1, -0.05) is 27.7 Å². The molecule has 0 spiro atoms. The molecule has 1 heterocycles. The van der Waals surface area contributed by atoms with Crippen LogP contribution in [0.2, 0.25) is 0 Å². The zero-order chi connectivity index (χ0) is 27.0. The molecule has 0 saturated carbocycles. The van der Waals surface area contributed by atoms with Gasteiger partial charge in [0.25, 0.3) is 0 Å². The second-order valence-electron chi connectivity index (χ2n) is 7.95. The summed E-state index contributed by atoms with van der Waals surface area (Å²) in [7, 11) is 9.20. The van der Waals surface area contributed by atoms with Crippen molar-refractivity contribution in [3.8, 4) is 0 Å². The second kappa shape index (κ2) is 16.3. The molecular weight excluding hydrogens is 516 g/mol. The Kier molecular flexibility index (Phi) is 12.4. The molecule has 2 N–H and O–H groups in total. The number of hydrogen-bond acceptors (Lipinski definition) is 9. The molecule has 0 aliphatic heterocycles. The number of allylic oxidation sites excluding steroid dienone is 1. The Morgan fingerprint density at radius 2 is 1.50 bits per heavy atom. The van der Waals surface area contributed by atoms with Gasteiger partial charge >= 0.3 is 0 Å². The van der Waals surface area contributed by atoms with Gasteiger partial charge in [-0.15, -0.1) is 20.5 Å². The minimum Gasteiger partial charge on any atom is -0.384 e. The van der Waals surface area contributed by atoms with Gasteiger partial charge in [0.1, 0.15) is 0 Å². The Bertz CT molecular complexity index is 1220. The highest BCUT2D eigenvalue weighted by molar-refractivity contribution is 8.76. The van der Waals surface area contributed by atoms with E-state index in [1.165, 1.54) is 0 Å². The number of aliphatic imine (C=N–C) groups is 1. The smallest absolute Gasteiger partial charge is 0.249 e. The normalized spacial score (nSPS) is 12.2. The maximum atomic E-state index is 4.27. The highest BCUT2D eigenvalue weighted by Gasteiger charge is 2.01. The number of imidazole rings is 1. The maximum Gasteiger partial charge on any atom is 0.249 e. The number of aryl methyl sites for hydroxylation is 1. The minimum atomic E-state index is 0.549. The van der Waals surface area contributed by atoms with Gasteiger partial charge in [0, 0.05) is 75.7 Å². The number of anilines is 2. The molecule has 10 nitrogen and oxygen atoms in total. The molecule has 1 aromatic heterocycles. The average Bonchev–Trinajstić information content (AvgIpc) is 3.35. The fourth-order valence-electron chi connectivity index (χ4n) is 3.11. The Labute approximate surface area is 232 Å². The predicted molar refractivity (Wildman–Crippen MR) is 163 cm³/mol. The topological polar surface area (TPSA) is 107 Å². The van der Waals surface area contributed by atoms with Crippen LogP contribution in [0.3, 0.4) is 0 Å². The molecule has 38 heavy (non-hydrogen) atoms. The zero-order valence-corrected chi connectivity index (χ0v) is 23.8. The number of nitrogens with one attached hydrogen (secondary N) is 2. The Hall–Kier alpha value is -3.64. The fourth-order valence-corrected chi connectivity index (χ4v) is 4.92. The largest absolute Gasteiger partial charge is 0.384 e. The van der Waals surface area contributed by atoms with Crippen molar-refractivity contribution in [2.45, 2.75) is 6.92 Å². The predicted octanol–water partition coefficient (Wildman–Crippen LogP) is 7.28. The lowest BCUT2D eigenvalue weighted by molar-refractivity contribution is 0.670. The molecule has 0 saturated heterocycles. The van der Waals surface area contributed by atoms with Crippen molar-refractivity contribution >= 4 is 56.2 Å². The van der Waals surface area contributed by atoms with E-state index in [1.807, 2.05) is 119 Å². The highest BCUT2D eigenvalue weighted by atomic mass is 33.1. The van der Waals surface area contributed by atoms with E-state index in [-0.39, 0.29) is 0 Å². The maximum absolute atomic E-state index is 4.27. The number of rotatable bonds is 13. The molecule has 12 heteroatoms. The molecule has 3 rings (SSSR count). The molecule has 0 bridgehead atoms. The quantitative estimate of drug-likeness (QED) is 0.0761. The summed E-state index contributed by atoms with van der Waals surface area (Å²) in [5.41, 5.74) is 3.71.